The summed E-state index contributed by atoms with van der Waals surface area (Å²) in [6.07, 6.45) is -0.693. The number of carboxylic acid groups (broad SMARTS) is 1. The molecule has 7 nitrogen and oxygen atoms in total. The first-order chi connectivity index (χ1) is 11.5. The minimum absolute atomic E-state index is 0.278. The Balaban J connectivity index is 1.85. The fraction of sp³-hybridized carbons (Fsp3) is 0.188. The van der Waals surface area contributed by atoms with Crippen molar-refractivity contribution in [1.82, 2.24) is 10.9 Å². The van der Waals surface area contributed by atoms with Crippen LogP contribution in [-0.2, 0) is 14.4 Å². The molecule has 0 aromatic heterocycles. The maximum Gasteiger partial charge on any atom is 0.276 e. The first-order valence-corrected chi connectivity index (χ1v) is 7.84. The van der Waals surface area contributed by atoms with E-state index < -0.39 is 24.2 Å². The van der Waals surface area contributed by atoms with Gasteiger partial charge in [-0.15, -0.1) is 0 Å². The molecule has 24 heavy (non-hydrogen) atoms. The van der Waals surface area contributed by atoms with E-state index in [2.05, 4.69) is 26.8 Å². The molecule has 0 radical (unpaired) electrons. The molecule has 0 saturated carbocycles. The third-order valence-corrected chi connectivity index (χ3v) is 3.90. The molecule has 2 rings (SSSR count). The topological polar surface area (TPSA) is 108 Å². The largest absolute Gasteiger partial charge is 0.550 e. The standard InChI is InChI=1S/C16H15BrN2O5/c17-16-11-4-2-1-3-10(11)5-6-12(16)24-9-14(21)19-18-13(20)7-8-15(22)23/h1-6H,7-9H2,(H,18,20)(H,19,21)(H,22,23)/p-1. The quantitative estimate of drug-likeness (QED) is 0.700. The molecule has 2 N–H and O–H groups in total. The van der Waals surface area contributed by atoms with Gasteiger partial charge in [-0.2, -0.15) is 0 Å². The second-order valence-corrected chi connectivity index (χ2v) is 5.65. The molecule has 2 aromatic carbocycles. The molecular weight excluding hydrogens is 380 g/mol. The smallest absolute Gasteiger partial charge is 0.276 e. The number of carboxylic acids is 1. The molecule has 2 aromatic rings. The first kappa shape index (κ1) is 17.7. The molecule has 0 atom stereocenters. The van der Waals surface area contributed by atoms with Crippen molar-refractivity contribution in [2.45, 2.75) is 12.8 Å². The van der Waals surface area contributed by atoms with Crippen molar-refractivity contribution in [2.24, 2.45) is 0 Å². The Morgan fingerprint density at radius 2 is 1.71 bits per heavy atom. The van der Waals surface area contributed by atoms with Crippen LogP contribution in [0, 0.1) is 0 Å². The molecule has 0 unspecified atom stereocenters. The van der Waals surface area contributed by atoms with Gasteiger partial charge in [0.2, 0.25) is 5.91 Å². The number of carbonyl (C=O) groups excluding carboxylic acids is 3. The third kappa shape index (κ3) is 4.95. The first-order valence-electron chi connectivity index (χ1n) is 7.05. The van der Waals surface area contributed by atoms with Gasteiger partial charge in [-0.25, -0.2) is 0 Å². The SMILES string of the molecule is O=C([O-])CCC(=O)NNC(=O)COc1ccc2ccccc2c1Br. The van der Waals surface area contributed by atoms with Gasteiger partial charge in [0.05, 0.1) is 4.47 Å². The molecule has 0 bridgehead atoms. The summed E-state index contributed by atoms with van der Waals surface area (Å²) in [5, 5.41) is 12.2. The number of hydrogen-bond acceptors (Lipinski definition) is 5. The number of hydrazine groups is 1. The van der Waals surface area contributed by atoms with Crippen LogP contribution >= 0.6 is 15.9 Å². The summed E-state index contributed by atoms with van der Waals surface area (Å²) >= 11 is 3.44. The third-order valence-electron chi connectivity index (χ3n) is 3.08. The van der Waals surface area contributed by atoms with E-state index >= 15 is 0 Å². The Hall–Kier alpha value is -2.61. The maximum absolute atomic E-state index is 11.6. The summed E-state index contributed by atoms with van der Waals surface area (Å²) in [7, 11) is 0. The van der Waals surface area contributed by atoms with Gasteiger partial charge in [0, 0.05) is 12.4 Å². The Bertz CT molecular complexity index is 778. The second kappa shape index (κ2) is 8.30. The van der Waals surface area contributed by atoms with Crippen LogP contribution in [0.2, 0.25) is 0 Å². The molecular formula is C16H14BrN2O5-. The molecule has 126 valence electrons. The van der Waals surface area contributed by atoms with Gasteiger partial charge in [-0.3, -0.25) is 20.4 Å². The summed E-state index contributed by atoms with van der Waals surface area (Å²) in [5.41, 5.74) is 4.24. The van der Waals surface area contributed by atoms with Crippen LogP contribution in [0.5, 0.6) is 5.75 Å². The number of benzene rings is 2. The van der Waals surface area contributed by atoms with Crippen molar-refractivity contribution in [3.63, 3.8) is 0 Å². The highest BCUT2D eigenvalue weighted by atomic mass is 79.9. The number of rotatable bonds is 6. The minimum atomic E-state index is -1.33. The van der Waals surface area contributed by atoms with Crippen LogP contribution in [-0.4, -0.2) is 24.4 Å². The van der Waals surface area contributed by atoms with Gasteiger partial charge in [-0.05, 0) is 39.2 Å². The summed E-state index contributed by atoms with van der Waals surface area (Å²) in [5.74, 6) is -2.04. The molecule has 0 aliphatic carbocycles. The minimum Gasteiger partial charge on any atom is -0.550 e. The number of amides is 2. The van der Waals surface area contributed by atoms with Crippen molar-refractivity contribution in [1.29, 1.82) is 0 Å². The van der Waals surface area contributed by atoms with Gasteiger partial charge in [0.15, 0.2) is 6.61 Å². The van der Waals surface area contributed by atoms with E-state index in [9.17, 15) is 19.5 Å². The normalized spacial score (nSPS) is 10.2. The van der Waals surface area contributed by atoms with Gasteiger partial charge < -0.3 is 14.6 Å². The molecule has 0 heterocycles. The fourth-order valence-corrected chi connectivity index (χ4v) is 2.53. The van der Waals surface area contributed by atoms with Crippen LogP contribution in [0.4, 0.5) is 0 Å². The van der Waals surface area contributed by atoms with E-state index in [0.717, 1.165) is 15.2 Å². The molecule has 8 heteroatoms. The lowest BCUT2D eigenvalue weighted by atomic mass is 10.1. The van der Waals surface area contributed by atoms with E-state index in [4.69, 9.17) is 4.74 Å². The van der Waals surface area contributed by atoms with E-state index in [1.54, 1.807) is 6.07 Å². The zero-order chi connectivity index (χ0) is 17.5. The van der Waals surface area contributed by atoms with Crippen molar-refractivity contribution >= 4 is 44.5 Å². The lowest BCUT2D eigenvalue weighted by Gasteiger charge is -2.11. The van der Waals surface area contributed by atoms with Crippen LogP contribution < -0.4 is 20.7 Å². The molecule has 0 fully saturated rings. The Labute approximate surface area is 146 Å². The molecule has 0 saturated heterocycles. The molecule has 2 amide bonds. The predicted molar refractivity (Wildman–Crippen MR) is 87.7 cm³/mol. The zero-order valence-electron chi connectivity index (χ0n) is 12.5. The highest BCUT2D eigenvalue weighted by molar-refractivity contribution is 9.10. The maximum atomic E-state index is 11.6. The van der Waals surface area contributed by atoms with Gasteiger partial charge in [-0.1, -0.05) is 30.3 Å². The number of hydrogen-bond donors (Lipinski definition) is 2. The van der Waals surface area contributed by atoms with Crippen LogP contribution in [0.25, 0.3) is 10.8 Å². The Kier molecular flexibility index (Phi) is 6.14. The van der Waals surface area contributed by atoms with Crippen molar-refractivity contribution in [3.8, 4) is 5.75 Å². The van der Waals surface area contributed by atoms with Crippen LogP contribution in [0.1, 0.15) is 12.8 Å². The number of fused-ring (bicyclic) bond motifs is 1. The second-order valence-electron chi connectivity index (χ2n) is 4.86. The number of nitrogens with one attached hydrogen (secondary N) is 2. The number of halogens is 1. The average molecular weight is 394 g/mol. The van der Waals surface area contributed by atoms with Crippen molar-refractivity contribution in [3.05, 3.63) is 40.9 Å². The van der Waals surface area contributed by atoms with Gasteiger partial charge >= 0.3 is 0 Å². The monoisotopic (exact) mass is 393 g/mol. The summed E-state index contributed by atoms with van der Waals surface area (Å²) in [6.45, 7) is -0.308. The average Bonchev–Trinajstić information content (AvgIpc) is 2.57. The molecule has 0 aliphatic heterocycles. The van der Waals surface area contributed by atoms with Crippen molar-refractivity contribution < 1.29 is 24.2 Å². The van der Waals surface area contributed by atoms with Gasteiger partial charge in [0.25, 0.3) is 5.91 Å². The predicted octanol–water partition coefficient (Wildman–Crippen LogP) is 0.659. The Morgan fingerprint density at radius 3 is 2.46 bits per heavy atom. The summed E-state index contributed by atoms with van der Waals surface area (Å²) < 4.78 is 6.15. The van der Waals surface area contributed by atoms with Gasteiger partial charge in [0.1, 0.15) is 5.75 Å². The highest BCUT2D eigenvalue weighted by Crippen LogP contribution is 2.32. The highest BCUT2D eigenvalue weighted by Gasteiger charge is 2.09. The van der Waals surface area contributed by atoms with E-state index in [-0.39, 0.29) is 13.0 Å². The van der Waals surface area contributed by atoms with Crippen LogP contribution in [0.15, 0.2) is 40.9 Å². The summed E-state index contributed by atoms with van der Waals surface area (Å²) in [6, 6.07) is 11.3. The Morgan fingerprint density at radius 1 is 1.00 bits per heavy atom. The number of ether oxygens (including phenoxy) is 1. The molecule has 0 aliphatic rings. The van der Waals surface area contributed by atoms with Crippen LogP contribution in [0.3, 0.4) is 0 Å². The number of carbonyl (C=O) groups is 3. The van der Waals surface area contributed by atoms with E-state index in [0.29, 0.717) is 5.75 Å². The fourth-order valence-electron chi connectivity index (χ4n) is 1.92. The van der Waals surface area contributed by atoms with E-state index in [1.807, 2.05) is 30.3 Å². The zero-order valence-corrected chi connectivity index (χ0v) is 14.1. The number of aliphatic carboxylic acids is 1. The molecule has 0 spiro atoms. The van der Waals surface area contributed by atoms with E-state index in [1.165, 1.54) is 0 Å². The lowest BCUT2D eigenvalue weighted by Crippen LogP contribution is -2.44. The lowest BCUT2D eigenvalue weighted by molar-refractivity contribution is -0.305. The van der Waals surface area contributed by atoms with Crippen molar-refractivity contribution in [2.75, 3.05) is 6.61 Å². The summed E-state index contributed by atoms with van der Waals surface area (Å²) in [4.78, 5) is 33.1.